The molecule has 0 aromatic heterocycles. The van der Waals surface area contributed by atoms with Crippen molar-refractivity contribution in [3.05, 3.63) is 24.3 Å². The van der Waals surface area contributed by atoms with Crippen molar-refractivity contribution in [2.24, 2.45) is 0 Å². The molecule has 0 bridgehead atoms. The van der Waals surface area contributed by atoms with E-state index in [-0.39, 0.29) is 18.5 Å². The summed E-state index contributed by atoms with van der Waals surface area (Å²) in [6, 6.07) is 0. The topological polar surface area (TPSA) is 61.8 Å². The predicted molar refractivity (Wildman–Crippen MR) is 298 cm³/mol. The van der Waals surface area contributed by atoms with E-state index >= 15 is 0 Å². The normalized spacial score (nSPS) is 12.2. The molecule has 0 N–H and O–H groups in total. The van der Waals surface area contributed by atoms with Crippen molar-refractivity contribution < 1.29 is 23.8 Å². The van der Waals surface area contributed by atoms with Crippen LogP contribution in [-0.4, -0.2) is 37.9 Å². The highest BCUT2D eigenvalue weighted by molar-refractivity contribution is 5.70. The Balaban J connectivity index is 4.20. The Morgan fingerprint density at radius 1 is 0.324 bits per heavy atom. The third-order valence-electron chi connectivity index (χ3n) is 14.0. The highest BCUT2D eigenvalue weighted by atomic mass is 16.6. The molecule has 402 valence electrons. The van der Waals surface area contributed by atoms with Gasteiger partial charge in [-0.05, 0) is 51.4 Å². The van der Waals surface area contributed by atoms with Crippen LogP contribution in [0.4, 0.5) is 0 Å². The minimum atomic E-state index is -0.535. The van der Waals surface area contributed by atoms with Gasteiger partial charge in [-0.3, -0.25) is 9.59 Å². The molecule has 0 rings (SSSR count). The zero-order valence-electron chi connectivity index (χ0n) is 46.4. The van der Waals surface area contributed by atoms with Gasteiger partial charge in [-0.15, -0.1) is 0 Å². The molecular weight excluding hydrogens is 837 g/mol. The first-order valence-corrected chi connectivity index (χ1v) is 30.9. The smallest absolute Gasteiger partial charge is 0.306 e. The monoisotopic (exact) mass is 957 g/mol. The Kier molecular flexibility index (Phi) is 58.3. The zero-order chi connectivity index (χ0) is 49.2. The molecule has 0 heterocycles. The van der Waals surface area contributed by atoms with Gasteiger partial charge >= 0.3 is 11.9 Å². The van der Waals surface area contributed by atoms with Crippen molar-refractivity contribution in [1.82, 2.24) is 0 Å². The quantitative estimate of drug-likeness (QED) is 0.0345. The van der Waals surface area contributed by atoms with Gasteiger partial charge in [0, 0.05) is 19.4 Å². The maximum Gasteiger partial charge on any atom is 0.306 e. The Labute approximate surface area is 426 Å². The Morgan fingerprint density at radius 3 is 1.00 bits per heavy atom. The number of carbonyl (C=O) groups excluding carboxylic acids is 2. The molecular formula is C63H120O5. The molecule has 0 radical (unpaired) electrons. The van der Waals surface area contributed by atoms with Gasteiger partial charge in [0.25, 0.3) is 0 Å². The second-order valence-corrected chi connectivity index (χ2v) is 21.0. The van der Waals surface area contributed by atoms with Gasteiger partial charge in [0.1, 0.15) is 6.61 Å². The fraction of sp³-hybridized carbons (Fsp3) is 0.905. The maximum absolute atomic E-state index is 12.9. The molecule has 0 unspecified atom stereocenters. The van der Waals surface area contributed by atoms with Crippen molar-refractivity contribution in [3.8, 4) is 0 Å². The number of hydrogen-bond acceptors (Lipinski definition) is 5. The molecule has 0 amide bonds. The maximum atomic E-state index is 12.9. The second kappa shape index (κ2) is 59.7. The molecule has 0 saturated heterocycles. The summed E-state index contributed by atoms with van der Waals surface area (Å²) in [6.45, 7) is 7.87. The highest BCUT2D eigenvalue weighted by Gasteiger charge is 2.18. The lowest BCUT2D eigenvalue weighted by atomic mass is 10.0. The molecule has 68 heavy (non-hydrogen) atoms. The van der Waals surface area contributed by atoms with E-state index in [1.165, 1.54) is 257 Å². The molecule has 0 fully saturated rings. The Bertz CT molecular complexity index is 1040. The molecule has 0 aliphatic carbocycles. The van der Waals surface area contributed by atoms with Crippen molar-refractivity contribution in [3.63, 3.8) is 0 Å². The summed E-state index contributed by atoms with van der Waals surface area (Å²) in [5.41, 5.74) is 0. The van der Waals surface area contributed by atoms with E-state index in [0.29, 0.717) is 26.1 Å². The van der Waals surface area contributed by atoms with E-state index in [9.17, 15) is 9.59 Å². The molecule has 0 spiro atoms. The summed E-state index contributed by atoms with van der Waals surface area (Å²) in [7, 11) is 0. The van der Waals surface area contributed by atoms with Crippen LogP contribution in [0.25, 0.3) is 0 Å². The average molecular weight is 958 g/mol. The van der Waals surface area contributed by atoms with Gasteiger partial charge in [-0.25, -0.2) is 0 Å². The lowest BCUT2D eigenvalue weighted by molar-refractivity contribution is -0.163. The van der Waals surface area contributed by atoms with Crippen LogP contribution in [0.15, 0.2) is 24.3 Å². The fourth-order valence-corrected chi connectivity index (χ4v) is 9.37. The van der Waals surface area contributed by atoms with E-state index in [1.807, 2.05) is 0 Å². The summed E-state index contributed by atoms with van der Waals surface area (Å²) in [6.07, 6.45) is 72.1. The standard InChI is InChI=1S/C63H120O5/c1-4-7-10-13-16-19-22-25-28-30-31-32-33-34-36-39-42-45-48-51-54-57-63(65)68-61(59-66-58-55-52-49-46-43-40-37-29-26-23-20-17-14-11-8-5-2)60-67-62(64)56-53-50-47-44-41-38-35-27-24-21-18-15-12-9-6-3/h18,21,27,35,61H,4-17,19-20,22-26,28-34,36-60H2,1-3H3/b21-18-,35-27-/t61-/m1/s1. The molecule has 1 atom stereocenters. The largest absolute Gasteiger partial charge is 0.462 e. The average Bonchev–Trinajstić information content (AvgIpc) is 3.34. The molecule has 5 nitrogen and oxygen atoms in total. The van der Waals surface area contributed by atoms with Gasteiger partial charge in [-0.1, -0.05) is 302 Å². The lowest BCUT2D eigenvalue weighted by Gasteiger charge is -2.18. The number of rotatable bonds is 58. The van der Waals surface area contributed by atoms with Gasteiger partial charge in [0.2, 0.25) is 0 Å². The van der Waals surface area contributed by atoms with Crippen LogP contribution in [-0.2, 0) is 23.8 Å². The first kappa shape index (κ1) is 66.4. The van der Waals surface area contributed by atoms with Gasteiger partial charge in [0.05, 0.1) is 6.61 Å². The number of unbranched alkanes of at least 4 members (excludes halogenated alkanes) is 43. The summed E-state index contributed by atoms with van der Waals surface area (Å²) >= 11 is 0. The summed E-state index contributed by atoms with van der Waals surface area (Å²) in [4.78, 5) is 25.6. The summed E-state index contributed by atoms with van der Waals surface area (Å²) in [5, 5.41) is 0. The van der Waals surface area contributed by atoms with Crippen LogP contribution in [0.3, 0.4) is 0 Å². The predicted octanol–water partition coefficient (Wildman–Crippen LogP) is 21.1. The molecule has 0 aromatic carbocycles. The first-order valence-electron chi connectivity index (χ1n) is 30.9. The second-order valence-electron chi connectivity index (χ2n) is 21.0. The molecule has 0 aromatic rings. The number of hydrogen-bond donors (Lipinski definition) is 0. The lowest BCUT2D eigenvalue weighted by Crippen LogP contribution is -2.30. The van der Waals surface area contributed by atoms with Crippen LogP contribution in [0.1, 0.15) is 342 Å². The van der Waals surface area contributed by atoms with Crippen LogP contribution in [0.5, 0.6) is 0 Å². The first-order chi connectivity index (χ1) is 33.6. The minimum absolute atomic E-state index is 0.0864. The third-order valence-corrected chi connectivity index (χ3v) is 14.0. The number of esters is 2. The van der Waals surface area contributed by atoms with E-state index < -0.39 is 6.10 Å². The molecule has 0 aliphatic rings. The van der Waals surface area contributed by atoms with Crippen LogP contribution in [0, 0.1) is 0 Å². The zero-order valence-corrected chi connectivity index (χ0v) is 46.4. The Hall–Kier alpha value is -1.62. The van der Waals surface area contributed by atoms with Crippen molar-refractivity contribution in [2.45, 2.75) is 348 Å². The molecule has 5 heteroatoms. The molecule has 0 aliphatic heterocycles. The highest BCUT2D eigenvalue weighted by Crippen LogP contribution is 2.17. The third kappa shape index (κ3) is 57.0. The number of ether oxygens (including phenoxy) is 3. The van der Waals surface area contributed by atoms with E-state index in [2.05, 4.69) is 45.1 Å². The van der Waals surface area contributed by atoms with Gasteiger partial charge < -0.3 is 14.2 Å². The van der Waals surface area contributed by atoms with Crippen LogP contribution >= 0.6 is 0 Å². The van der Waals surface area contributed by atoms with Crippen molar-refractivity contribution >= 4 is 11.9 Å². The van der Waals surface area contributed by atoms with E-state index in [0.717, 1.165) is 51.4 Å². The van der Waals surface area contributed by atoms with Crippen LogP contribution in [0.2, 0.25) is 0 Å². The van der Waals surface area contributed by atoms with E-state index in [4.69, 9.17) is 14.2 Å². The SMILES string of the molecule is CCCCC/C=C\C/C=C\CCCCCCCC(=O)OC[C@@H](COCCCCCCCCCCCCCCCCCC)OC(=O)CCCCCCCCCCCCCCCCCCCCCCC. The van der Waals surface area contributed by atoms with Crippen molar-refractivity contribution in [1.29, 1.82) is 0 Å². The summed E-state index contributed by atoms with van der Waals surface area (Å²) in [5.74, 6) is -0.387. The van der Waals surface area contributed by atoms with Gasteiger partial charge in [-0.2, -0.15) is 0 Å². The van der Waals surface area contributed by atoms with Crippen LogP contribution < -0.4 is 0 Å². The Morgan fingerprint density at radius 2 is 0.618 bits per heavy atom. The fourth-order valence-electron chi connectivity index (χ4n) is 9.37. The molecule has 0 saturated carbocycles. The van der Waals surface area contributed by atoms with Crippen molar-refractivity contribution in [2.75, 3.05) is 19.8 Å². The summed E-state index contributed by atoms with van der Waals surface area (Å²) < 4.78 is 17.5. The minimum Gasteiger partial charge on any atom is -0.462 e. The van der Waals surface area contributed by atoms with E-state index in [1.54, 1.807) is 0 Å². The number of allylic oxidation sites excluding steroid dienone is 4. The number of carbonyl (C=O) groups is 2. The van der Waals surface area contributed by atoms with Gasteiger partial charge in [0.15, 0.2) is 6.10 Å².